The van der Waals surface area contributed by atoms with E-state index in [9.17, 15) is 13.2 Å². The summed E-state index contributed by atoms with van der Waals surface area (Å²) in [6, 6.07) is 6.54. The first-order chi connectivity index (χ1) is 10.8. The Morgan fingerprint density at radius 1 is 1.43 bits per heavy atom. The van der Waals surface area contributed by atoms with Gasteiger partial charge in [-0.25, -0.2) is 12.7 Å². The average molecular weight is 340 g/mol. The number of nitrogens with zero attached hydrogens (tertiary/aromatic N) is 2. The summed E-state index contributed by atoms with van der Waals surface area (Å²) in [5, 5.41) is 0. The van der Waals surface area contributed by atoms with Crippen LogP contribution >= 0.6 is 0 Å². The van der Waals surface area contributed by atoms with Gasteiger partial charge in [-0.1, -0.05) is 6.07 Å². The van der Waals surface area contributed by atoms with Crippen molar-refractivity contribution < 1.29 is 17.9 Å². The van der Waals surface area contributed by atoms with Crippen LogP contribution in [0.4, 0.5) is 0 Å². The average Bonchev–Trinajstić information content (AvgIpc) is 2.96. The normalized spacial score (nSPS) is 18.4. The summed E-state index contributed by atoms with van der Waals surface area (Å²) in [6.45, 7) is 5.62. The molecular formula is C16H24N2O4S. The molecule has 2 rings (SSSR count). The summed E-state index contributed by atoms with van der Waals surface area (Å²) < 4.78 is 32.1. The van der Waals surface area contributed by atoms with E-state index in [1.54, 1.807) is 43.1 Å². The molecule has 7 heteroatoms. The van der Waals surface area contributed by atoms with Crippen LogP contribution in [0.15, 0.2) is 29.2 Å². The zero-order valence-electron chi connectivity index (χ0n) is 13.9. The van der Waals surface area contributed by atoms with E-state index in [-0.39, 0.29) is 16.7 Å². The molecule has 128 valence electrons. The topological polar surface area (TPSA) is 66.9 Å². The molecule has 1 heterocycles. The van der Waals surface area contributed by atoms with Crippen LogP contribution in [0.3, 0.4) is 0 Å². The van der Waals surface area contributed by atoms with Crippen molar-refractivity contribution in [1.29, 1.82) is 0 Å². The van der Waals surface area contributed by atoms with Gasteiger partial charge in [0.2, 0.25) is 15.9 Å². The number of likely N-dealkylation sites (tertiary alicyclic amines) is 1. The van der Waals surface area contributed by atoms with Crippen LogP contribution in [0.25, 0.3) is 0 Å². The number of ether oxygens (including phenoxy) is 1. The van der Waals surface area contributed by atoms with Crippen molar-refractivity contribution in [2.24, 2.45) is 5.92 Å². The highest BCUT2D eigenvalue weighted by atomic mass is 32.2. The van der Waals surface area contributed by atoms with E-state index >= 15 is 0 Å². The molecule has 0 radical (unpaired) electrons. The summed E-state index contributed by atoms with van der Waals surface area (Å²) >= 11 is 0. The second-order valence-corrected chi connectivity index (χ2v) is 7.86. The molecule has 23 heavy (non-hydrogen) atoms. The third kappa shape index (κ3) is 4.23. The number of hydrogen-bond donors (Lipinski definition) is 0. The number of carbonyl (C=O) groups excluding carboxylic acids is 1. The summed E-state index contributed by atoms with van der Waals surface area (Å²) in [7, 11) is -1.97. The van der Waals surface area contributed by atoms with E-state index in [4.69, 9.17) is 4.74 Å². The van der Waals surface area contributed by atoms with Gasteiger partial charge in [0.15, 0.2) is 0 Å². The molecule has 1 aliphatic heterocycles. The maximum Gasteiger partial charge on any atom is 0.242 e. The van der Waals surface area contributed by atoms with Gasteiger partial charge in [-0.3, -0.25) is 4.79 Å². The number of rotatable bonds is 6. The Bertz CT molecular complexity index is 660. The second kappa shape index (κ2) is 7.31. The van der Waals surface area contributed by atoms with E-state index in [0.29, 0.717) is 32.0 Å². The molecule has 0 spiro atoms. The molecule has 1 amide bonds. The molecule has 0 aromatic heterocycles. The number of amides is 1. The zero-order valence-corrected chi connectivity index (χ0v) is 14.7. The van der Waals surface area contributed by atoms with Crippen molar-refractivity contribution in [3.05, 3.63) is 24.3 Å². The first kappa shape index (κ1) is 17.7. The lowest BCUT2D eigenvalue weighted by Gasteiger charge is -2.21. The lowest BCUT2D eigenvalue weighted by Crippen LogP contribution is -2.34. The third-order valence-electron chi connectivity index (χ3n) is 4.07. The van der Waals surface area contributed by atoms with E-state index in [2.05, 4.69) is 0 Å². The van der Waals surface area contributed by atoms with Crippen molar-refractivity contribution in [3.8, 4) is 5.75 Å². The van der Waals surface area contributed by atoms with Crippen molar-refractivity contribution >= 4 is 15.9 Å². The predicted molar refractivity (Wildman–Crippen MR) is 87.8 cm³/mol. The van der Waals surface area contributed by atoms with Crippen LogP contribution in [-0.4, -0.2) is 56.8 Å². The smallest absolute Gasteiger partial charge is 0.242 e. The minimum absolute atomic E-state index is 0.0439. The van der Waals surface area contributed by atoms with Crippen molar-refractivity contribution in [2.75, 3.05) is 33.3 Å². The van der Waals surface area contributed by atoms with Gasteiger partial charge in [-0.2, -0.15) is 0 Å². The molecule has 1 aromatic rings. The summed E-state index contributed by atoms with van der Waals surface area (Å²) in [5.74, 6) is 0.766. The highest BCUT2D eigenvalue weighted by Crippen LogP contribution is 2.23. The first-order valence-corrected chi connectivity index (χ1v) is 9.23. The molecule has 0 N–H and O–H groups in total. The fourth-order valence-corrected chi connectivity index (χ4v) is 4.08. The Kier molecular flexibility index (Phi) is 5.64. The summed E-state index contributed by atoms with van der Waals surface area (Å²) in [5.41, 5.74) is 0. The molecule has 1 unspecified atom stereocenters. The number of sulfonamides is 1. The van der Waals surface area contributed by atoms with Crippen LogP contribution < -0.4 is 4.74 Å². The Labute approximate surface area is 138 Å². The van der Waals surface area contributed by atoms with Crippen LogP contribution in [0.1, 0.15) is 20.3 Å². The highest BCUT2D eigenvalue weighted by Gasteiger charge is 2.29. The third-order valence-corrected chi connectivity index (χ3v) is 5.89. The van der Waals surface area contributed by atoms with Gasteiger partial charge in [0, 0.05) is 39.7 Å². The monoisotopic (exact) mass is 340 g/mol. The predicted octanol–water partition coefficient (Wildman–Crippen LogP) is 1.57. The van der Waals surface area contributed by atoms with E-state index in [1.165, 1.54) is 4.31 Å². The van der Waals surface area contributed by atoms with Gasteiger partial charge in [0.1, 0.15) is 5.75 Å². The van der Waals surface area contributed by atoms with Gasteiger partial charge in [-0.05, 0) is 31.4 Å². The summed E-state index contributed by atoms with van der Waals surface area (Å²) in [4.78, 5) is 13.4. The van der Waals surface area contributed by atoms with Gasteiger partial charge in [0.25, 0.3) is 0 Å². The zero-order chi connectivity index (χ0) is 17.0. The second-order valence-electron chi connectivity index (χ2n) is 5.81. The molecule has 1 saturated heterocycles. The molecule has 1 atom stereocenters. The maximum atomic E-state index is 12.7. The maximum absolute atomic E-state index is 12.7. The number of carbonyl (C=O) groups is 1. The van der Waals surface area contributed by atoms with Gasteiger partial charge in [-0.15, -0.1) is 0 Å². The molecule has 1 fully saturated rings. The molecule has 0 aliphatic carbocycles. The fraction of sp³-hybridized carbons (Fsp3) is 0.562. The van der Waals surface area contributed by atoms with E-state index < -0.39 is 10.0 Å². The fourth-order valence-electron chi connectivity index (χ4n) is 2.80. The van der Waals surface area contributed by atoms with Gasteiger partial charge < -0.3 is 9.64 Å². The Morgan fingerprint density at radius 2 is 2.17 bits per heavy atom. The molecule has 6 nitrogen and oxygen atoms in total. The van der Waals surface area contributed by atoms with Gasteiger partial charge in [0.05, 0.1) is 11.5 Å². The SMILES string of the molecule is CCOc1cccc(S(=O)(=O)N(C)CC2CCN(C(C)=O)C2)c1. The molecule has 1 aromatic carbocycles. The van der Waals surface area contributed by atoms with E-state index in [0.717, 1.165) is 6.42 Å². The van der Waals surface area contributed by atoms with Crippen LogP contribution in [-0.2, 0) is 14.8 Å². The van der Waals surface area contributed by atoms with E-state index in [1.807, 2.05) is 6.92 Å². The number of benzene rings is 1. The minimum Gasteiger partial charge on any atom is -0.494 e. The largest absolute Gasteiger partial charge is 0.494 e. The number of hydrogen-bond acceptors (Lipinski definition) is 4. The van der Waals surface area contributed by atoms with Crippen LogP contribution in [0.5, 0.6) is 5.75 Å². The standard InChI is InChI=1S/C16H24N2O4S/c1-4-22-15-6-5-7-16(10-15)23(20,21)17(3)11-14-8-9-18(12-14)13(2)19/h5-7,10,14H,4,8-9,11-12H2,1-3H3. The van der Waals surface area contributed by atoms with Crippen molar-refractivity contribution in [1.82, 2.24) is 9.21 Å². The first-order valence-electron chi connectivity index (χ1n) is 7.79. The Morgan fingerprint density at radius 3 is 2.78 bits per heavy atom. The highest BCUT2D eigenvalue weighted by molar-refractivity contribution is 7.89. The Balaban J connectivity index is 2.07. The minimum atomic E-state index is -3.56. The van der Waals surface area contributed by atoms with Crippen LogP contribution in [0.2, 0.25) is 0 Å². The quantitative estimate of drug-likeness (QED) is 0.788. The molecule has 0 bridgehead atoms. The van der Waals surface area contributed by atoms with Crippen molar-refractivity contribution in [2.45, 2.75) is 25.2 Å². The Hall–Kier alpha value is -1.60. The van der Waals surface area contributed by atoms with Gasteiger partial charge >= 0.3 is 0 Å². The lowest BCUT2D eigenvalue weighted by molar-refractivity contribution is -0.127. The molecular weight excluding hydrogens is 316 g/mol. The molecule has 1 aliphatic rings. The summed E-state index contributed by atoms with van der Waals surface area (Å²) in [6.07, 6.45) is 0.832. The molecule has 0 saturated carbocycles. The lowest BCUT2D eigenvalue weighted by atomic mass is 10.1. The van der Waals surface area contributed by atoms with Crippen molar-refractivity contribution in [3.63, 3.8) is 0 Å². The van der Waals surface area contributed by atoms with Crippen LogP contribution in [0, 0.1) is 5.92 Å².